The van der Waals surface area contributed by atoms with E-state index >= 15 is 0 Å². The van der Waals surface area contributed by atoms with E-state index in [-0.39, 0.29) is 64.6 Å². The van der Waals surface area contributed by atoms with E-state index in [0.29, 0.717) is 33.0 Å². The monoisotopic (exact) mass is 245 g/mol. The van der Waals surface area contributed by atoms with Gasteiger partial charge in [-0.2, -0.15) is 0 Å². The summed E-state index contributed by atoms with van der Waals surface area (Å²) in [7, 11) is 1.88. The van der Waals surface area contributed by atoms with Gasteiger partial charge in [0.15, 0.2) is 0 Å². The average molecular weight is 245 g/mol. The van der Waals surface area contributed by atoms with E-state index in [0.717, 1.165) is 6.54 Å². The second-order valence-electron chi connectivity index (χ2n) is 2.64. The fourth-order valence-corrected chi connectivity index (χ4v) is 0.775. The minimum Gasteiger partial charge on any atom is -0.853 e. The molecule has 0 amide bonds. The van der Waals surface area contributed by atoms with Gasteiger partial charge in [0.1, 0.15) is 0 Å². The molecular weight excluding hydrogens is 225 g/mol. The molecule has 0 unspecified atom stereocenters. The Morgan fingerprint density at radius 2 is 1.33 bits per heavy atom. The summed E-state index contributed by atoms with van der Waals surface area (Å²) in [6.07, 6.45) is 0. The maximum absolute atomic E-state index is 9.97. The van der Waals surface area contributed by atoms with Gasteiger partial charge in [0.05, 0.1) is 33.0 Å². The van der Waals surface area contributed by atoms with E-state index in [4.69, 9.17) is 14.2 Å². The average Bonchev–Trinajstić information content (AvgIpc) is 2.21. The topological polar surface area (TPSA) is 62.8 Å². The normalized spacial score (nSPS) is 10.0. The zero-order valence-corrected chi connectivity index (χ0v) is 12.9. The van der Waals surface area contributed by atoms with Crippen molar-refractivity contribution in [3.63, 3.8) is 0 Å². The zero-order chi connectivity index (χ0) is 10.5. The molecule has 0 aliphatic rings. The predicted octanol–water partition coefficient (Wildman–Crippen LogP) is -4.38. The Kier molecular flexibility index (Phi) is 22.3. The summed E-state index contributed by atoms with van der Waals surface area (Å²) < 4.78 is 15.4. The molecule has 0 spiro atoms. The fraction of sp³-hybridized carbons (Fsp3) is 1.00. The SMILES string of the molecule is CNCCOCCOCCOCC[O-].[K+]. The smallest absolute Gasteiger partial charge is 0.853 e. The molecular formula is C9H20KNO4. The molecule has 5 nitrogen and oxygen atoms in total. The third-order valence-electron chi connectivity index (χ3n) is 1.47. The van der Waals surface area contributed by atoms with E-state index in [9.17, 15) is 5.11 Å². The maximum atomic E-state index is 9.97. The molecule has 0 atom stereocenters. The van der Waals surface area contributed by atoms with Gasteiger partial charge in [0, 0.05) is 13.2 Å². The minimum absolute atomic E-state index is 0. The van der Waals surface area contributed by atoms with Crippen LogP contribution in [0.25, 0.3) is 0 Å². The van der Waals surface area contributed by atoms with Crippen molar-refractivity contribution in [2.45, 2.75) is 0 Å². The molecule has 0 radical (unpaired) electrons. The van der Waals surface area contributed by atoms with Gasteiger partial charge in [-0.3, -0.25) is 0 Å². The van der Waals surface area contributed by atoms with Gasteiger partial charge < -0.3 is 24.6 Å². The first-order chi connectivity index (χ1) is 6.91. The van der Waals surface area contributed by atoms with E-state index in [2.05, 4.69) is 5.32 Å². The second kappa shape index (κ2) is 17.8. The maximum Gasteiger partial charge on any atom is 1.00 e. The molecule has 0 heterocycles. The molecule has 0 aromatic rings. The molecule has 1 N–H and O–H groups in total. The van der Waals surface area contributed by atoms with Gasteiger partial charge in [-0.1, -0.05) is 0 Å². The van der Waals surface area contributed by atoms with Crippen molar-refractivity contribution in [1.82, 2.24) is 5.32 Å². The van der Waals surface area contributed by atoms with Crippen molar-refractivity contribution >= 4 is 0 Å². The zero-order valence-electron chi connectivity index (χ0n) is 9.79. The molecule has 0 aliphatic heterocycles. The van der Waals surface area contributed by atoms with Crippen LogP contribution in [0.3, 0.4) is 0 Å². The van der Waals surface area contributed by atoms with Crippen LogP contribution >= 0.6 is 0 Å². The van der Waals surface area contributed by atoms with E-state index < -0.39 is 0 Å². The number of rotatable bonds is 11. The molecule has 0 bridgehead atoms. The van der Waals surface area contributed by atoms with Crippen molar-refractivity contribution in [3.8, 4) is 0 Å². The molecule has 0 aliphatic carbocycles. The molecule has 0 aromatic carbocycles. The Labute approximate surface area is 134 Å². The molecule has 0 aromatic heterocycles. The number of nitrogens with one attached hydrogen (secondary N) is 1. The first-order valence-corrected chi connectivity index (χ1v) is 4.87. The van der Waals surface area contributed by atoms with Gasteiger partial charge >= 0.3 is 51.4 Å². The summed E-state index contributed by atoms with van der Waals surface area (Å²) in [4.78, 5) is 0. The van der Waals surface area contributed by atoms with Crippen LogP contribution in [0.5, 0.6) is 0 Å². The molecule has 0 fully saturated rings. The summed E-state index contributed by atoms with van der Waals surface area (Å²) in [5, 5.41) is 13.0. The molecule has 15 heavy (non-hydrogen) atoms. The van der Waals surface area contributed by atoms with Crippen LogP contribution in [0.15, 0.2) is 0 Å². The third-order valence-corrected chi connectivity index (χ3v) is 1.47. The van der Waals surface area contributed by atoms with Crippen LogP contribution in [0.1, 0.15) is 0 Å². The summed E-state index contributed by atoms with van der Waals surface area (Å²) in [5.41, 5.74) is 0. The fourth-order valence-electron chi connectivity index (χ4n) is 0.775. The standard InChI is InChI=1S/C9H20NO4.K/c1-10-2-4-12-6-8-14-9-7-13-5-3-11;/h10H,2-9H2,1H3;/q-1;+1. The molecule has 6 heteroatoms. The van der Waals surface area contributed by atoms with Crippen LogP contribution in [0.2, 0.25) is 0 Å². The van der Waals surface area contributed by atoms with Crippen molar-refractivity contribution in [3.05, 3.63) is 0 Å². The first-order valence-electron chi connectivity index (χ1n) is 4.87. The Morgan fingerprint density at radius 1 is 0.867 bits per heavy atom. The van der Waals surface area contributed by atoms with E-state index in [1.54, 1.807) is 0 Å². The Bertz CT molecular complexity index is 96.1. The summed E-state index contributed by atoms with van der Waals surface area (Å²) in [5.74, 6) is 0. The molecule has 0 saturated carbocycles. The minimum atomic E-state index is -0.187. The van der Waals surface area contributed by atoms with Gasteiger partial charge in [0.2, 0.25) is 0 Å². The van der Waals surface area contributed by atoms with Crippen LogP contribution < -0.4 is 61.8 Å². The second-order valence-corrected chi connectivity index (χ2v) is 2.64. The molecule has 0 rings (SSSR count). The van der Waals surface area contributed by atoms with Crippen molar-refractivity contribution in [2.24, 2.45) is 0 Å². The number of hydrogen-bond acceptors (Lipinski definition) is 5. The predicted molar refractivity (Wildman–Crippen MR) is 51.3 cm³/mol. The Morgan fingerprint density at radius 3 is 1.80 bits per heavy atom. The summed E-state index contributed by atoms with van der Waals surface area (Å²) >= 11 is 0. The molecule has 0 saturated heterocycles. The van der Waals surface area contributed by atoms with Crippen LogP contribution in [-0.4, -0.2) is 59.8 Å². The number of likely N-dealkylation sites (N-methyl/N-ethyl adjacent to an activating group) is 1. The van der Waals surface area contributed by atoms with Crippen molar-refractivity contribution < 1.29 is 70.7 Å². The van der Waals surface area contributed by atoms with E-state index in [1.165, 1.54) is 0 Å². The van der Waals surface area contributed by atoms with Gasteiger partial charge in [-0.15, -0.1) is 6.61 Å². The first kappa shape index (κ1) is 18.8. The van der Waals surface area contributed by atoms with Gasteiger partial charge in [0.25, 0.3) is 0 Å². The van der Waals surface area contributed by atoms with Gasteiger partial charge in [-0.05, 0) is 7.05 Å². The van der Waals surface area contributed by atoms with Crippen LogP contribution in [-0.2, 0) is 14.2 Å². The summed E-state index contributed by atoms with van der Waals surface area (Å²) in [6.45, 7) is 3.82. The third kappa shape index (κ3) is 18.0. The largest absolute Gasteiger partial charge is 1.00 e. The Balaban J connectivity index is 0. The van der Waals surface area contributed by atoms with Crippen LogP contribution in [0, 0.1) is 0 Å². The molecule has 86 valence electrons. The van der Waals surface area contributed by atoms with Crippen molar-refractivity contribution in [1.29, 1.82) is 0 Å². The van der Waals surface area contributed by atoms with Gasteiger partial charge in [-0.25, -0.2) is 0 Å². The Hall–Kier alpha value is 1.44. The van der Waals surface area contributed by atoms with Crippen LogP contribution in [0.4, 0.5) is 0 Å². The number of hydrogen-bond donors (Lipinski definition) is 1. The van der Waals surface area contributed by atoms with E-state index in [1.807, 2.05) is 7.05 Å². The van der Waals surface area contributed by atoms with Crippen molar-refractivity contribution in [2.75, 3.05) is 59.8 Å². The number of ether oxygens (including phenoxy) is 3. The summed E-state index contributed by atoms with van der Waals surface area (Å²) in [6, 6.07) is 0. The quantitative estimate of drug-likeness (QED) is 0.294.